The number of hydrogen-bond acceptors (Lipinski definition) is 3. The number of nitrogens with zero attached hydrogens (tertiary/aromatic N) is 2. The third-order valence-electron chi connectivity index (χ3n) is 4.60. The number of benzene rings is 2. The Morgan fingerprint density at radius 3 is 2.25 bits per heavy atom. The Morgan fingerprint density at radius 1 is 0.964 bits per heavy atom. The number of halogens is 2. The highest BCUT2D eigenvalue weighted by Crippen LogP contribution is 2.26. The van der Waals surface area contributed by atoms with Crippen LogP contribution in [0, 0.1) is 0 Å². The van der Waals surface area contributed by atoms with Crippen molar-refractivity contribution in [2.75, 3.05) is 33.3 Å². The fourth-order valence-corrected chi connectivity index (χ4v) is 3.33. The molecule has 1 aliphatic rings. The van der Waals surface area contributed by atoms with E-state index in [-0.39, 0.29) is 11.8 Å². The van der Waals surface area contributed by atoms with Crippen LogP contribution in [0.2, 0.25) is 10.0 Å². The number of ether oxygens (including phenoxy) is 1. The maximum Gasteiger partial charge on any atom is 0.253 e. The lowest BCUT2D eigenvalue weighted by Gasteiger charge is -2.34. The average Bonchev–Trinajstić information content (AvgIpc) is 2.74. The van der Waals surface area contributed by atoms with Gasteiger partial charge in [-0.15, -0.1) is 0 Å². The van der Waals surface area contributed by atoms with Gasteiger partial charge < -0.3 is 14.5 Å². The van der Waals surface area contributed by atoms with Gasteiger partial charge in [0.2, 0.25) is 5.91 Å². The van der Waals surface area contributed by atoms with Gasteiger partial charge in [0.1, 0.15) is 5.75 Å². The van der Waals surface area contributed by atoms with Gasteiger partial charge in [-0.2, -0.15) is 0 Å². The Balaban J connectivity index is 1.56. The molecule has 28 heavy (non-hydrogen) atoms. The Labute approximate surface area is 174 Å². The van der Waals surface area contributed by atoms with E-state index < -0.39 is 0 Å². The van der Waals surface area contributed by atoms with Crippen LogP contribution in [-0.4, -0.2) is 54.9 Å². The molecule has 1 fully saturated rings. The molecule has 7 heteroatoms. The summed E-state index contributed by atoms with van der Waals surface area (Å²) in [6.45, 7) is 1.94. The van der Waals surface area contributed by atoms with Crippen molar-refractivity contribution in [3.05, 3.63) is 69.7 Å². The van der Waals surface area contributed by atoms with Gasteiger partial charge >= 0.3 is 0 Å². The molecule has 146 valence electrons. The van der Waals surface area contributed by atoms with Crippen molar-refractivity contribution in [3.8, 4) is 5.75 Å². The monoisotopic (exact) mass is 418 g/mol. The van der Waals surface area contributed by atoms with Crippen LogP contribution in [0.1, 0.15) is 15.9 Å². The standard InChI is InChI=1S/C21H20Cl2N2O3/c1-28-17-8-5-16(6-9-17)21(27)25-13-11-24(12-14-25)19(26)10-7-15-3-2-4-18(22)20(15)23/h2-10H,11-14H2,1H3/b10-7+. The molecule has 0 unspecified atom stereocenters. The first-order valence-electron chi connectivity index (χ1n) is 8.84. The summed E-state index contributed by atoms with van der Waals surface area (Å²) < 4.78 is 5.11. The summed E-state index contributed by atoms with van der Waals surface area (Å²) in [5.41, 5.74) is 1.30. The predicted octanol–water partition coefficient (Wildman–Crippen LogP) is 4.00. The Hall–Kier alpha value is -2.50. The lowest BCUT2D eigenvalue weighted by atomic mass is 10.1. The summed E-state index contributed by atoms with van der Waals surface area (Å²) >= 11 is 12.1. The first kappa shape index (κ1) is 20.2. The molecule has 1 aliphatic heterocycles. The third kappa shape index (κ3) is 4.66. The average molecular weight is 419 g/mol. The zero-order chi connectivity index (χ0) is 20.1. The van der Waals surface area contributed by atoms with E-state index in [4.69, 9.17) is 27.9 Å². The molecule has 0 bridgehead atoms. The van der Waals surface area contributed by atoms with Crippen molar-refractivity contribution in [1.82, 2.24) is 9.80 Å². The van der Waals surface area contributed by atoms with Crippen LogP contribution in [0.15, 0.2) is 48.5 Å². The summed E-state index contributed by atoms with van der Waals surface area (Å²) in [5, 5.41) is 0.866. The van der Waals surface area contributed by atoms with Crippen molar-refractivity contribution in [2.24, 2.45) is 0 Å². The summed E-state index contributed by atoms with van der Waals surface area (Å²) in [4.78, 5) is 28.5. The SMILES string of the molecule is COc1ccc(C(=O)N2CCN(C(=O)/C=C/c3cccc(Cl)c3Cl)CC2)cc1. The second-order valence-corrected chi connectivity index (χ2v) is 7.11. The van der Waals surface area contributed by atoms with E-state index in [2.05, 4.69) is 0 Å². The van der Waals surface area contributed by atoms with Crippen molar-refractivity contribution in [3.63, 3.8) is 0 Å². The second kappa shape index (κ2) is 9.13. The van der Waals surface area contributed by atoms with Crippen LogP contribution in [0.3, 0.4) is 0 Å². The molecule has 0 atom stereocenters. The molecule has 3 rings (SSSR count). The molecule has 1 saturated heterocycles. The smallest absolute Gasteiger partial charge is 0.253 e. The largest absolute Gasteiger partial charge is 0.497 e. The zero-order valence-corrected chi connectivity index (χ0v) is 16.9. The minimum absolute atomic E-state index is 0.0454. The van der Waals surface area contributed by atoms with Crippen molar-refractivity contribution < 1.29 is 14.3 Å². The maximum absolute atomic E-state index is 12.6. The number of carbonyl (C=O) groups excluding carboxylic acids is 2. The zero-order valence-electron chi connectivity index (χ0n) is 15.4. The molecule has 0 radical (unpaired) electrons. The lowest BCUT2D eigenvalue weighted by molar-refractivity contribution is -0.127. The Morgan fingerprint density at radius 2 is 1.61 bits per heavy atom. The molecule has 2 aromatic carbocycles. The number of hydrogen-bond donors (Lipinski definition) is 0. The number of piperazine rings is 1. The summed E-state index contributed by atoms with van der Waals surface area (Å²) in [5.74, 6) is 0.544. The third-order valence-corrected chi connectivity index (χ3v) is 5.44. The molecular formula is C21H20Cl2N2O3. The van der Waals surface area contributed by atoms with Crippen LogP contribution in [0.4, 0.5) is 0 Å². The fourth-order valence-electron chi connectivity index (χ4n) is 2.96. The Kier molecular flexibility index (Phi) is 6.60. The highest BCUT2D eigenvalue weighted by Gasteiger charge is 2.24. The van der Waals surface area contributed by atoms with E-state index in [1.165, 1.54) is 6.08 Å². The molecule has 2 aromatic rings. The van der Waals surface area contributed by atoms with Crippen molar-refractivity contribution in [1.29, 1.82) is 0 Å². The van der Waals surface area contributed by atoms with E-state index >= 15 is 0 Å². The summed E-state index contributed by atoms with van der Waals surface area (Å²) in [6, 6.07) is 12.3. The van der Waals surface area contributed by atoms with E-state index in [9.17, 15) is 9.59 Å². The van der Waals surface area contributed by atoms with Crippen LogP contribution in [0.5, 0.6) is 5.75 Å². The number of carbonyl (C=O) groups is 2. The number of amides is 2. The van der Waals surface area contributed by atoms with Crippen LogP contribution in [0.25, 0.3) is 6.08 Å². The quantitative estimate of drug-likeness (QED) is 0.704. The lowest BCUT2D eigenvalue weighted by Crippen LogP contribution is -2.50. The van der Waals surface area contributed by atoms with Gasteiger partial charge in [-0.25, -0.2) is 0 Å². The number of rotatable bonds is 4. The van der Waals surface area contributed by atoms with Crippen molar-refractivity contribution in [2.45, 2.75) is 0 Å². The van der Waals surface area contributed by atoms with Gasteiger partial charge in [-0.3, -0.25) is 9.59 Å². The molecule has 5 nitrogen and oxygen atoms in total. The first-order valence-corrected chi connectivity index (χ1v) is 9.59. The van der Waals surface area contributed by atoms with E-state index in [0.29, 0.717) is 53.1 Å². The summed E-state index contributed by atoms with van der Waals surface area (Å²) in [6.07, 6.45) is 3.14. The summed E-state index contributed by atoms with van der Waals surface area (Å²) in [7, 11) is 1.59. The molecular weight excluding hydrogens is 399 g/mol. The van der Waals surface area contributed by atoms with Gasteiger partial charge in [-0.1, -0.05) is 35.3 Å². The highest BCUT2D eigenvalue weighted by atomic mass is 35.5. The molecule has 1 heterocycles. The number of methoxy groups -OCH3 is 1. The molecule has 0 N–H and O–H groups in total. The molecule has 2 amide bonds. The molecule has 0 aliphatic carbocycles. The highest BCUT2D eigenvalue weighted by molar-refractivity contribution is 6.42. The first-order chi connectivity index (χ1) is 13.5. The second-order valence-electron chi connectivity index (χ2n) is 6.32. The van der Waals surface area contributed by atoms with Gasteiger partial charge in [0.15, 0.2) is 0 Å². The van der Waals surface area contributed by atoms with E-state index in [0.717, 1.165) is 0 Å². The molecule has 0 saturated carbocycles. The fraction of sp³-hybridized carbons (Fsp3) is 0.238. The Bertz CT molecular complexity index is 889. The van der Waals surface area contributed by atoms with Gasteiger partial charge in [0, 0.05) is 37.8 Å². The van der Waals surface area contributed by atoms with Crippen molar-refractivity contribution >= 4 is 41.1 Å². The van der Waals surface area contributed by atoms with Gasteiger partial charge in [-0.05, 0) is 42.0 Å². The normalized spacial score (nSPS) is 14.4. The topological polar surface area (TPSA) is 49.9 Å². The van der Waals surface area contributed by atoms with Gasteiger partial charge in [0.05, 0.1) is 17.2 Å². The van der Waals surface area contributed by atoms with E-state index in [1.807, 2.05) is 0 Å². The van der Waals surface area contributed by atoms with Crippen LogP contribution in [-0.2, 0) is 4.79 Å². The van der Waals surface area contributed by atoms with E-state index in [1.54, 1.807) is 65.5 Å². The van der Waals surface area contributed by atoms with Crippen LogP contribution < -0.4 is 4.74 Å². The van der Waals surface area contributed by atoms with Gasteiger partial charge in [0.25, 0.3) is 5.91 Å². The molecule has 0 spiro atoms. The predicted molar refractivity (Wildman–Crippen MR) is 111 cm³/mol. The van der Waals surface area contributed by atoms with Crippen LogP contribution >= 0.6 is 23.2 Å². The molecule has 0 aromatic heterocycles. The minimum atomic E-state index is -0.118. The minimum Gasteiger partial charge on any atom is -0.497 e. The maximum atomic E-state index is 12.6.